The Bertz CT molecular complexity index is 453. The Morgan fingerprint density at radius 2 is 1.50 bits per heavy atom. The van der Waals surface area contributed by atoms with Crippen molar-refractivity contribution in [1.82, 2.24) is 0 Å². The maximum atomic E-state index is 4.04. The number of halogens is 1. The van der Waals surface area contributed by atoms with E-state index in [2.05, 4.69) is 49.7 Å². The number of hydrogen-bond acceptors (Lipinski definition) is 0. The summed E-state index contributed by atoms with van der Waals surface area (Å²) in [5.74, 6) is 2.96. The fourth-order valence-electron chi connectivity index (χ4n) is 4.16. The minimum absolute atomic E-state index is 0.589. The molecule has 0 aromatic heterocycles. The van der Waals surface area contributed by atoms with Crippen LogP contribution in [0, 0.1) is 45.4 Å². The van der Waals surface area contributed by atoms with E-state index in [0.717, 1.165) is 17.8 Å². The van der Waals surface area contributed by atoms with Gasteiger partial charge in [0.1, 0.15) is 0 Å². The van der Waals surface area contributed by atoms with Crippen LogP contribution in [0.3, 0.4) is 0 Å². The van der Waals surface area contributed by atoms with E-state index in [-0.39, 0.29) is 0 Å². The fourth-order valence-corrected chi connectivity index (χ4v) is 5.64. The third-order valence-corrected chi connectivity index (χ3v) is 6.58. The Morgan fingerprint density at radius 1 is 1.00 bits per heavy atom. The van der Waals surface area contributed by atoms with Gasteiger partial charge in [0.05, 0.1) is 0 Å². The molecule has 0 nitrogen and oxygen atoms in total. The number of alkyl halides is 1. The van der Waals surface area contributed by atoms with Gasteiger partial charge in [-0.25, -0.2) is 0 Å². The molecule has 0 saturated heterocycles. The molecule has 0 bridgehead atoms. The van der Waals surface area contributed by atoms with E-state index in [1.165, 1.54) is 41.5 Å². The molecule has 1 heteroatoms. The van der Waals surface area contributed by atoms with Gasteiger partial charge >= 0.3 is 0 Å². The quantitative estimate of drug-likeness (QED) is 0.642. The molecular weight excluding hydrogens is 284 g/mol. The van der Waals surface area contributed by atoms with Gasteiger partial charge in [0.25, 0.3) is 0 Å². The molecule has 0 heterocycles. The summed E-state index contributed by atoms with van der Waals surface area (Å²) in [6.45, 7) is 9.09. The summed E-state index contributed by atoms with van der Waals surface area (Å²) < 4.78 is 0. The Labute approximate surface area is 119 Å². The third kappa shape index (κ3) is 1.78. The van der Waals surface area contributed by atoms with E-state index < -0.39 is 0 Å². The van der Waals surface area contributed by atoms with Crippen molar-refractivity contribution in [2.45, 2.75) is 51.8 Å². The van der Waals surface area contributed by atoms with Crippen LogP contribution in [0.4, 0.5) is 0 Å². The monoisotopic (exact) mass is 306 g/mol. The van der Waals surface area contributed by atoms with Crippen LogP contribution in [0.25, 0.3) is 0 Å². The molecule has 3 atom stereocenters. The minimum atomic E-state index is 0.589. The maximum absolute atomic E-state index is 4.04. The Balaban J connectivity index is 1.97. The first kappa shape index (κ1) is 12.7. The molecule has 0 radical (unpaired) electrons. The second kappa shape index (κ2) is 4.37. The Kier molecular flexibility index (Phi) is 3.09. The van der Waals surface area contributed by atoms with E-state index >= 15 is 0 Å². The molecule has 18 heavy (non-hydrogen) atoms. The van der Waals surface area contributed by atoms with Crippen LogP contribution in [0.2, 0.25) is 0 Å². The Morgan fingerprint density at radius 3 is 2.00 bits per heavy atom. The fraction of sp³-hybridized carbons (Fsp3) is 0.647. The molecular formula is C17H23Br. The average molecular weight is 307 g/mol. The van der Waals surface area contributed by atoms with Gasteiger partial charge in [-0.15, -0.1) is 0 Å². The van der Waals surface area contributed by atoms with Gasteiger partial charge in [0, 0.05) is 4.83 Å². The second-order valence-electron chi connectivity index (χ2n) is 6.41. The lowest BCUT2D eigenvalue weighted by Gasteiger charge is -2.21. The van der Waals surface area contributed by atoms with Gasteiger partial charge in [-0.05, 0) is 86.1 Å². The molecule has 0 spiro atoms. The first-order chi connectivity index (χ1) is 8.52. The van der Waals surface area contributed by atoms with Crippen molar-refractivity contribution in [3.63, 3.8) is 0 Å². The average Bonchev–Trinajstić information content (AvgIpc) is 2.80. The summed E-state index contributed by atoms with van der Waals surface area (Å²) in [6.07, 6.45) is 4.41. The van der Waals surface area contributed by atoms with Gasteiger partial charge in [-0.3, -0.25) is 0 Å². The first-order valence-electron chi connectivity index (χ1n) is 7.23. The molecule has 2 fully saturated rings. The number of hydrogen-bond donors (Lipinski definition) is 0. The van der Waals surface area contributed by atoms with E-state index in [0.29, 0.717) is 4.83 Å². The standard InChI is InChI=1S/C17H23Br/c1-9-8-10(2)12(4)15(11(9)3)17(18)16-13-6-5-7-14(13)16/h8,13-14,16-17H,5-7H2,1-4H3. The summed E-state index contributed by atoms with van der Waals surface area (Å²) in [5, 5.41) is 0. The van der Waals surface area contributed by atoms with Crippen molar-refractivity contribution in [3.05, 3.63) is 33.9 Å². The second-order valence-corrected chi connectivity index (χ2v) is 7.40. The molecule has 1 aromatic rings. The Hall–Kier alpha value is -0.300. The molecule has 2 saturated carbocycles. The summed E-state index contributed by atoms with van der Waals surface area (Å²) in [5.41, 5.74) is 7.49. The summed E-state index contributed by atoms with van der Waals surface area (Å²) >= 11 is 4.04. The van der Waals surface area contributed by atoms with Crippen molar-refractivity contribution in [1.29, 1.82) is 0 Å². The van der Waals surface area contributed by atoms with Crippen molar-refractivity contribution < 1.29 is 0 Å². The number of fused-ring (bicyclic) bond motifs is 1. The highest BCUT2D eigenvalue weighted by Gasteiger charge is 2.55. The van der Waals surface area contributed by atoms with Gasteiger partial charge in [-0.2, -0.15) is 0 Å². The van der Waals surface area contributed by atoms with Gasteiger partial charge < -0.3 is 0 Å². The van der Waals surface area contributed by atoms with Crippen LogP contribution in [0.15, 0.2) is 6.07 Å². The molecule has 98 valence electrons. The van der Waals surface area contributed by atoms with Crippen LogP contribution >= 0.6 is 15.9 Å². The van der Waals surface area contributed by atoms with E-state index in [1.54, 1.807) is 5.56 Å². The highest BCUT2D eigenvalue weighted by molar-refractivity contribution is 9.09. The lowest BCUT2D eigenvalue weighted by molar-refractivity contribution is 0.580. The van der Waals surface area contributed by atoms with E-state index in [9.17, 15) is 0 Å². The highest BCUT2D eigenvalue weighted by atomic mass is 79.9. The van der Waals surface area contributed by atoms with Crippen LogP contribution in [-0.4, -0.2) is 0 Å². The molecule has 0 amide bonds. The molecule has 3 unspecified atom stereocenters. The molecule has 0 aliphatic heterocycles. The van der Waals surface area contributed by atoms with Crippen molar-refractivity contribution in [3.8, 4) is 0 Å². The number of rotatable bonds is 2. The lowest BCUT2D eigenvalue weighted by Crippen LogP contribution is -2.06. The minimum Gasteiger partial charge on any atom is -0.0835 e. The van der Waals surface area contributed by atoms with Crippen LogP contribution in [0.1, 0.15) is 51.9 Å². The van der Waals surface area contributed by atoms with Gasteiger partial charge in [-0.1, -0.05) is 28.4 Å². The van der Waals surface area contributed by atoms with Crippen molar-refractivity contribution in [2.24, 2.45) is 17.8 Å². The number of aryl methyl sites for hydroxylation is 2. The van der Waals surface area contributed by atoms with Gasteiger partial charge in [0.2, 0.25) is 0 Å². The van der Waals surface area contributed by atoms with Crippen LogP contribution < -0.4 is 0 Å². The lowest BCUT2D eigenvalue weighted by atomic mass is 9.89. The molecule has 3 rings (SSSR count). The third-order valence-electron chi connectivity index (χ3n) is 5.51. The summed E-state index contributed by atoms with van der Waals surface area (Å²) in [6, 6.07) is 2.33. The molecule has 2 aliphatic rings. The van der Waals surface area contributed by atoms with Crippen LogP contribution in [-0.2, 0) is 0 Å². The van der Waals surface area contributed by atoms with E-state index in [1.807, 2.05) is 0 Å². The molecule has 1 aromatic carbocycles. The summed E-state index contributed by atoms with van der Waals surface area (Å²) in [7, 11) is 0. The van der Waals surface area contributed by atoms with Gasteiger partial charge in [0.15, 0.2) is 0 Å². The molecule has 0 N–H and O–H groups in total. The number of benzene rings is 1. The van der Waals surface area contributed by atoms with Crippen LogP contribution in [0.5, 0.6) is 0 Å². The first-order valence-corrected chi connectivity index (χ1v) is 8.15. The summed E-state index contributed by atoms with van der Waals surface area (Å²) in [4.78, 5) is 0.589. The normalized spacial score (nSPS) is 31.3. The largest absolute Gasteiger partial charge is 0.0835 e. The van der Waals surface area contributed by atoms with E-state index in [4.69, 9.17) is 0 Å². The zero-order chi connectivity index (χ0) is 13.0. The molecule has 2 aliphatic carbocycles. The predicted octanol–water partition coefficient (Wildman–Crippen LogP) is 5.40. The SMILES string of the molecule is Cc1cc(C)c(C)c(C(Br)C2C3CCCC32)c1C. The smallest absolute Gasteiger partial charge is 0.0434 e. The zero-order valence-electron chi connectivity index (χ0n) is 11.9. The predicted molar refractivity (Wildman–Crippen MR) is 81.4 cm³/mol. The topological polar surface area (TPSA) is 0 Å². The van der Waals surface area contributed by atoms with Crippen molar-refractivity contribution >= 4 is 15.9 Å². The maximum Gasteiger partial charge on any atom is 0.0434 e. The zero-order valence-corrected chi connectivity index (χ0v) is 13.5. The highest BCUT2D eigenvalue weighted by Crippen LogP contribution is 2.64. The van der Waals surface area contributed by atoms with Crippen molar-refractivity contribution in [2.75, 3.05) is 0 Å².